The van der Waals surface area contributed by atoms with Crippen molar-refractivity contribution in [2.24, 2.45) is 0 Å². The average molecular weight is 283 g/mol. The van der Waals surface area contributed by atoms with Crippen LogP contribution >= 0.6 is 0 Å². The quantitative estimate of drug-likeness (QED) is 0.776. The van der Waals surface area contributed by atoms with Crippen LogP contribution in [0.4, 0.5) is 0 Å². The van der Waals surface area contributed by atoms with Gasteiger partial charge in [0.1, 0.15) is 6.61 Å². The molecule has 1 aromatic rings. The van der Waals surface area contributed by atoms with E-state index in [0.717, 1.165) is 44.2 Å². The molecule has 1 saturated heterocycles. The zero-order chi connectivity index (χ0) is 14.4. The van der Waals surface area contributed by atoms with E-state index in [4.69, 9.17) is 14.4 Å². The van der Waals surface area contributed by atoms with Crippen molar-refractivity contribution in [3.63, 3.8) is 0 Å². The van der Waals surface area contributed by atoms with Gasteiger partial charge in [-0.1, -0.05) is 5.16 Å². The Morgan fingerprint density at radius 1 is 1.40 bits per heavy atom. The van der Waals surface area contributed by atoms with Crippen molar-refractivity contribution in [3.8, 4) is 0 Å². The van der Waals surface area contributed by atoms with Crippen molar-refractivity contribution in [2.45, 2.75) is 19.6 Å². The van der Waals surface area contributed by atoms with E-state index in [1.807, 2.05) is 6.07 Å². The summed E-state index contributed by atoms with van der Waals surface area (Å²) in [5.74, 6) is 0.00305. The Balaban J connectivity index is 1.72. The number of aliphatic carboxylic acids is 1. The summed E-state index contributed by atoms with van der Waals surface area (Å²) < 4.78 is 10.1. The molecule has 0 aliphatic carbocycles. The molecule has 7 nitrogen and oxygen atoms in total. The van der Waals surface area contributed by atoms with Gasteiger partial charge in [0.15, 0.2) is 5.76 Å². The monoisotopic (exact) mass is 283 g/mol. The predicted molar refractivity (Wildman–Crippen MR) is 71.2 cm³/mol. The second-order valence-corrected chi connectivity index (χ2v) is 4.98. The zero-order valence-electron chi connectivity index (χ0n) is 11.7. The van der Waals surface area contributed by atoms with E-state index in [1.165, 1.54) is 0 Å². The summed E-state index contributed by atoms with van der Waals surface area (Å²) in [6.45, 7) is 5.48. The Labute approximate surface area is 118 Å². The van der Waals surface area contributed by atoms with Crippen LogP contribution in [0.2, 0.25) is 0 Å². The SMILES string of the molecule is COCc1cc(CN2CCN(CCC(=O)O)CC2)no1. The fraction of sp³-hybridized carbons (Fsp3) is 0.692. The summed E-state index contributed by atoms with van der Waals surface area (Å²) in [6.07, 6.45) is 0.212. The number of aromatic nitrogens is 1. The van der Waals surface area contributed by atoms with Gasteiger partial charge in [0.05, 0.1) is 12.1 Å². The standard InChI is InChI=1S/C13H21N3O4/c1-19-10-12-8-11(14-20-12)9-16-6-4-15(5-7-16)3-2-13(17)18/h8H,2-7,9-10H2,1H3,(H,17,18). The normalized spacial score (nSPS) is 17.4. The molecule has 1 aliphatic rings. The van der Waals surface area contributed by atoms with Gasteiger partial charge in [0.25, 0.3) is 0 Å². The van der Waals surface area contributed by atoms with E-state index >= 15 is 0 Å². The molecule has 2 rings (SSSR count). The van der Waals surface area contributed by atoms with Gasteiger partial charge >= 0.3 is 5.97 Å². The molecule has 0 aromatic carbocycles. The number of hydrogen-bond acceptors (Lipinski definition) is 6. The van der Waals surface area contributed by atoms with Gasteiger partial charge in [-0.15, -0.1) is 0 Å². The highest BCUT2D eigenvalue weighted by Gasteiger charge is 2.18. The first-order chi connectivity index (χ1) is 9.67. The Kier molecular flexibility index (Phi) is 5.51. The molecule has 0 bridgehead atoms. The lowest BCUT2D eigenvalue weighted by atomic mass is 10.2. The van der Waals surface area contributed by atoms with E-state index in [0.29, 0.717) is 13.2 Å². The third kappa shape index (κ3) is 4.59. The highest BCUT2D eigenvalue weighted by Crippen LogP contribution is 2.10. The van der Waals surface area contributed by atoms with Gasteiger partial charge in [-0.05, 0) is 0 Å². The van der Waals surface area contributed by atoms with Gasteiger partial charge in [-0.25, -0.2) is 0 Å². The summed E-state index contributed by atoms with van der Waals surface area (Å²) >= 11 is 0. The van der Waals surface area contributed by atoms with Crippen LogP contribution in [-0.2, 0) is 22.7 Å². The second-order valence-electron chi connectivity index (χ2n) is 4.98. The molecule has 0 unspecified atom stereocenters. The number of piperazine rings is 1. The largest absolute Gasteiger partial charge is 0.481 e. The van der Waals surface area contributed by atoms with Crippen molar-refractivity contribution in [2.75, 3.05) is 39.8 Å². The number of methoxy groups -OCH3 is 1. The Morgan fingerprint density at radius 3 is 2.75 bits per heavy atom. The van der Waals surface area contributed by atoms with Crippen LogP contribution in [0.1, 0.15) is 17.9 Å². The molecule has 0 saturated carbocycles. The van der Waals surface area contributed by atoms with Crippen molar-refractivity contribution < 1.29 is 19.2 Å². The Hall–Kier alpha value is -1.44. The molecule has 1 N–H and O–H groups in total. The van der Waals surface area contributed by atoms with E-state index in [1.54, 1.807) is 7.11 Å². The molecule has 0 atom stereocenters. The maximum atomic E-state index is 10.5. The van der Waals surface area contributed by atoms with E-state index < -0.39 is 5.97 Å². The number of nitrogens with zero attached hydrogens (tertiary/aromatic N) is 3. The predicted octanol–water partition coefficient (Wildman–Crippen LogP) is 0.413. The fourth-order valence-electron chi connectivity index (χ4n) is 2.29. The number of rotatable bonds is 7. The topological polar surface area (TPSA) is 79.0 Å². The molecular weight excluding hydrogens is 262 g/mol. The highest BCUT2D eigenvalue weighted by molar-refractivity contribution is 5.66. The molecule has 7 heteroatoms. The molecule has 0 amide bonds. The maximum Gasteiger partial charge on any atom is 0.304 e. The summed E-state index contributed by atoms with van der Waals surface area (Å²) in [7, 11) is 1.62. The lowest BCUT2D eigenvalue weighted by molar-refractivity contribution is -0.137. The van der Waals surface area contributed by atoms with Gasteiger partial charge in [0.2, 0.25) is 0 Å². The molecule has 0 spiro atoms. The zero-order valence-corrected chi connectivity index (χ0v) is 11.7. The number of ether oxygens (including phenoxy) is 1. The first-order valence-electron chi connectivity index (χ1n) is 6.77. The number of carbonyl (C=O) groups is 1. The lowest BCUT2D eigenvalue weighted by Gasteiger charge is -2.33. The number of carboxylic acids is 1. The van der Waals surface area contributed by atoms with Crippen molar-refractivity contribution in [1.82, 2.24) is 15.0 Å². The first-order valence-corrected chi connectivity index (χ1v) is 6.77. The molecule has 0 radical (unpaired) electrons. The van der Waals surface area contributed by atoms with Gasteiger partial charge in [-0.3, -0.25) is 9.69 Å². The smallest absolute Gasteiger partial charge is 0.304 e. The van der Waals surface area contributed by atoms with Gasteiger partial charge in [-0.2, -0.15) is 0 Å². The summed E-state index contributed by atoms with van der Waals surface area (Å²) in [6, 6.07) is 1.92. The maximum absolute atomic E-state index is 10.5. The third-order valence-corrected chi connectivity index (χ3v) is 3.39. The summed E-state index contributed by atoms with van der Waals surface area (Å²) in [5, 5.41) is 12.7. The van der Waals surface area contributed by atoms with Crippen LogP contribution in [0.15, 0.2) is 10.6 Å². The lowest BCUT2D eigenvalue weighted by Crippen LogP contribution is -2.46. The van der Waals surface area contributed by atoms with Crippen molar-refractivity contribution in [3.05, 3.63) is 17.5 Å². The van der Waals surface area contributed by atoms with Gasteiger partial charge in [0, 0.05) is 52.4 Å². The van der Waals surface area contributed by atoms with Crippen LogP contribution in [0.25, 0.3) is 0 Å². The molecular formula is C13H21N3O4. The minimum absolute atomic E-state index is 0.212. The van der Waals surface area contributed by atoms with Crippen LogP contribution in [0, 0.1) is 0 Å². The number of hydrogen-bond donors (Lipinski definition) is 1. The molecule has 112 valence electrons. The average Bonchev–Trinajstić information content (AvgIpc) is 2.86. The summed E-state index contributed by atoms with van der Waals surface area (Å²) in [5.41, 5.74) is 0.913. The van der Waals surface area contributed by atoms with E-state index in [9.17, 15) is 4.79 Å². The Morgan fingerprint density at radius 2 is 2.10 bits per heavy atom. The third-order valence-electron chi connectivity index (χ3n) is 3.39. The minimum atomic E-state index is -0.735. The fourth-order valence-corrected chi connectivity index (χ4v) is 2.29. The van der Waals surface area contributed by atoms with E-state index in [2.05, 4.69) is 15.0 Å². The number of carboxylic acid groups (broad SMARTS) is 1. The molecule has 20 heavy (non-hydrogen) atoms. The molecule has 1 aromatic heterocycles. The highest BCUT2D eigenvalue weighted by atomic mass is 16.5. The summed E-state index contributed by atoms with van der Waals surface area (Å²) in [4.78, 5) is 15.0. The minimum Gasteiger partial charge on any atom is -0.481 e. The van der Waals surface area contributed by atoms with Crippen LogP contribution in [-0.4, -0.2) is 65.9 Å². The van der Waals surface area contributed by atoms with E-state index in [-0.39, 0.29) is 6.42 Å². The van der Waals surface area contributed by atoms with Gasteiger partial charge < -0.3 is 19.3 Å². The molecule has 1 aliphatic heterocycles. The van der Waals surface area contributed by atoms with Crippen LogP contribution < -0.4 is 0 Å². The molecule has 1 fully saturated rings. The van der Waals surface area contributed by atoms with Crippen molar-refractivity contribution >= 4 is 5.97 Å². The molecule has 2 heterocycles. The van der Waals surface area contributed by atoms with Crippen LogP contribution in [0.3, 0.4) is 0 Å². The van der Waals surface area contributed by atoms with Crippen LogP contribution in [0.5, 0.6) is 0 Å². The second kappa shape index (κ2) is 7.37. The first kappa shape index (κ1) is 15.0. The van der Waals surface area contributed by atoms with Crippen molar-refractivity contribution in [1.29, 1.82) is 0 Å². The Bertz CT molecular complexity index is 427.